The molecule has 4 rings (SSSR count). The molecule has 1 unspecified atom stereocenters. The predicted octanol–water partition coefficient (Wildman–Crippen LogP) is 4.48. The summed E-state index contributed by atoms with van der Waals surface area (Å²) >= 11 is 0. The number of aliphatic hydroxyl groups excluding tert-OH is 1. The van der Waals surface area contributed by atoms with E-state index in [0.717, 1.165) is 11.1 Å². The van der Waals surface area contributed by atoms with Crippen LogP contribution in [0.3, 0.4) is 0 Å². The number of rotatable bonds is 6. The maximum atomic E-state index is 13.3. The molecule has 0 aliphatic rings. The molecular weight excluding hydrogens is 390 g/mol. The molecule has 0 aliphatic carbocycles. The fourth-order valence-electron chi connectivity index (χ4n) is 3.76. The molecule has 5 nitrogen and oxygen atoms in total. The molecule has 0 spiro atoms. The second kappa shape index (κ2) is 8.81. The lowest BCUT2D eigenvalue weighted by Gasteiger charge is -2.21. The molecule has 1 atom stereocenters. The van der Waals surface area contributed by atoms with Gasteiger partial charge in [-0.2, -0.15) is 0 Å². The third-order valence-corrected chi connectivity index (χ3v) is 5.27. The average molecular weight is 411 g/mol. The Morgan fingerprint density at radius 2 is 1.23 bits per heavy atom. The van der Waals surface area contributed by atoms with Crippen LogP contribution in [0.2, 0.25) is 0 Å². The number of nitrogens with one attached hydrogen (secondary N) is 1. The number of benzene rings is 4. The van der Waals surface area contributed by atoms with Crippen molar-refractivity contribution in [2.45, 2.75) is 12.1 Å². The van der Waals surface area contributed by atoms with E-state index in [0.29, 0.717) is 16.3 Å². The largest absolute Gasteiger partial charge is 0.479 e. The summed E-state index contributed by atoms with van der Waals surface area (Å²) in [4.78, 5) is 24.6. The van der Waals surface area contributed by atoms with Crippen molar-refractivity contribution in [3.63, 3.8) is 0 Å². The van der Waals surface area contributed by atoms with E-state index >= 15 is 0 Å². The highest BCUT2D eigenvalue weighted by molar-refractivity contribution is 6.08. The van der Waals surface area contributed by atoms with Gasteiger partial charge in [0.05, 0.1) is 6.04 Å². The Balaban J connectivity index is 1.75. The maximum absolute atomic E-state index is 13.3. The van der Waals surface area contributed by atoms with Gasteiger partial charge >= 0.3 is 5.97 Å². The van der Waals surface area contributed by atoms with Crippen molar-refractivity contribution >= 4 is 22.6 Å². The van der Waals surface area contributed by atoms with Crippen LogP contribution in [0.1, 0.15) is 39.2 Å². The van der Waals surface area contributed by atoms with Crippen molar-refractivity contribution in [1.29, 1.82) is 0 Å². The molecule has 0 fully saturated rings. The standard InChI is InChI=1S/C26H21NO4/c28-24(26(30)31)21-15-7-14-20-19(21)13-8-16-22(20)25(29)27-23(17-9-3-1-4-10-17)18-11-5-2-6-12-18/h1-16,23-24,28H,(H,27,29)(H,30,31). The second-order valence-corrected chi connectivity index (χ2v) is 7.22. The summed E-state index contributed by atoms with van der Waals surface area (Å²) in [5, 5.41) is 23.5. The fraction of sp³-hybridized carbons (Fsp3) is 0.0769. The summed E-state index contributed by atoms with van der Waals surface area (Å²) in [6.07, 6.45) is -1.66. The number of fused-ring (bicyclic) bond motifs is 1. The van der Waals surface area contributed by atoms with E-state index in [1.54, 1.807) is 36.4 Å². The fourth-order valence-corrected chi connectivity index (χ4v) is 3.76. The van der Waals surface area contributed by atoms with Gasteiger partial charge in [0.15, 0.2) is 6.10 Å². The first-order chi connectivity index (χ1) is 15.1. The highest BCUT2D eigenvalue weighted by atomic mass is 16.4. The maximum Gasteiger partial charge on any atom is 0.337 e. The van der Waals surface area contributed by atoms with Gasteiger partial charge in [0.25, 0.3) is 5.91 Å². The van der Waals surface area contributed by atoms with E-state index in [9.17, 15) is 19.8 Å². The Morgan fingerprint density at radius 3 is 1.81 bits per heavy atom. The highest BCUT2D eigenvalue weighted by Crippen LogP contribution is 2.28. The van der Waals surface area contributed by atoms with E-state index in [4.69, 9.17) is 0 Å². The van der Waals surface area contributed by atoms with Crippen LogP contribution in [0, 0.1) is 0 Å². The molecule has 4 aromatic carbocycles. The van der Waals surface area contributed by atoms with Gasteiger partial charge in [-0.25, -0.2) is 4.79 Å². The van der Waals surface area contributed by atoms with Crippen LogP contribution in [0.25, 0.3) is 10.8 Å². The van der Waals surface area contributed by atoms with Gasteiger partial charge in [0.2, 0.25) is 0 Å². The van der Waals surface area contributed by atoms with E-state index in [1.165, 1.54) is 0 Å². The topological polar surface area (TPSA) is 86.6 Å². The number of amides is 1. The van der Waals surface area contributed by atoms with Gasteiger partial charge in [-0.3, -0.25) is 4.79 Å². The van der Waals surface area contributed by atoms with Crippen LogP contribution in [0.15, 0.2) is 97.1 Å². The second-order valence-electron chi connectivity index (χ2n) is 7.22. The molecular formula is C26H21NO4. The zero-order valence-electron chi connectivity index (χ0n) is 16.6. The average Bonchev–Trinajstić information content (AvgIpc) is 2.82. The Bertz CT molecular complexity index is 1180. The van der Waals surface area contributed by atoms with Crippen molar-refractivity contribution in [2.75, 3.05) is 0 Å². The monoisotopic (exact) mass is 411 g/mol. The van der Waals surface area contributed by atoms with E-state index in [2.05, 4.69) is 5.32 Å². The van der Waals surface area contributed by atoms with Crippen LogP contribution in [0.4, 0.5) is 0 Å². The summed E-state index contributed by atoms with van der Waals surface area (Å²) in [6.45, 7) is 0. The molecule has 154 valence electrons. The van der Waals surface area contributed by atoms with Crippen molar-refractivity contribution < 1.29 is 19.8 Å². The molecule has 0 bridgehead atoms. The van der Waals surface area contributed by atoms with Gasteiger partial charge in [-0.15, -0.1) is 0 Å². The number of carboxylic acids is 1. The molecule has 31 heavy (non-hydrogen) atoms. The van der Waals surface area contributed by atoms with Gasteiger partial charge in [0.1, 0.15) is 0 Å². The Hall–Kier alpha value is -3.96. The highest BCUT2D eigenvalue weighted by Gasteiger charge is 2.22. The smallest absolute Gasteiger partial charge is 0.337 e. The van der Waals surface area contributed by atoms with Gasteiger partial charge < -0.3 is 15.5 Å². The number of hydrogen-bond donors (Lipinski definition) is 3. The van der Waals surface area contributed by atoms with Crippen LogP contribution in [0.5, 0.6) is 0 Å². The van der Waals surface area contributed by atoms with Crippen molar-refractivity contribution in [3.05, 3.63) is 119 Å². The Morgan fingerprint density at radius 1 is 0.677 bits per heavy atom. The number of hydrogen-bond acceptors (Lipinski definition) is 3. The zero-order chi connectivity index (χ0) is 21.8. The third-order valence-electron chi connectivity index (χ3n) is 5.27. The minimum atomic E-state index is -1.66. The van der Waals surface area contributed by atoms with E-state index in [1.807, 2.05) is 60.7 Å². The molecule has 4 aromatic rings. The van der Waals surface area contributed by atoms with Gasteiger partial charge in [0, 0.05) is 5.56 Å². The van der Waals surface area contributed by atoms with Crippen LogP contribution in [-0.2, 0) is 4.79 Å². The van der Waals surface area contributed by atoms with Crippen LogP contribution >= 0.6 is 0 Å². The minimum Gasteiger partial charge on any atom is -0.479 e. The lowest BCUT2D eigenvalue weighted by molar-refractivity contribution is -0.146. The predicted molar refractivity (Wildman–Crippen MR) is 119 cm³/mol. The molecule has 0 heterocycles. The summed E-state index contributed by atoms with van der Waals surface area (Å²) in [6, 6.07) is 29.1. The molecule has 0 aromatic heterocycles. The summed E-state index contributed by atoms with van der Waals surface area (Å²) in [5.74, 6) is -1.62. The lowest BCUT2D eigenvalue weighted by Crippen LogP contribution is -2.29. The zero-order valence-corrected chi connectivity index (χ0v) is 16.6. The summed E-state index contributed by atoms with van der Waals surface area (Å²) in [7, 11) is 0. The first-order valence-corrected chi connectivity index (χ1v) is 9.89. The molecule has 5 heteroatoms. The van der Waals surface area contributed by atoms with Crippen molar-refractivity contribution in [1.82, 2.24) is 5.32 Å². The molecule has 3 N–H and O–H groups in total. The van der Waals surface area contributed by atoms with E-state index < -0.39 is 12.1 Å². The first kappa shape index (κ1) is 20.3. The Labute approximate surface area is 179 Å². The molecule has 0 saturated heterocycles. The normalized spacial score (nSPS) is 11.9. The van der Waals surface area contributed by atoms with Crippen molar-refractivity contribution in [2.24, 2.45) is 0 Å². The molecule has 1 amide bonds. The number of carboxylic acid groups (broad SMARTS) is 1. The molecule has 0 aliphatic heterocycles. The third kappa shape index (κ3) is 4.17. The summed E-state index contributed by atoms with van der Waals surface area (Å²) in [5.41, 5.74) is 2.56. The number of aliphatic hydroxyl groups is 1. The molecule has 0 saturated carbocycles. The van der Waals surface area contributed by atoms with Crippen molar-refractivity contribution in [3.8, 4) is 0 Å². The quantitative estimate of drug-likeness (QED) is 0.437. The number of carbonyl (C=O) groups excluding carboxylic acids is 1. The molecule has 0 radical (unpaired) electrons. The number of aliphatic carboxylic acids is 1. The van der Waals surface area contributed by atoms with Gasteiger partial charge in [-0.1, -0.05) is 91.0 Å². The number of carbonyl (C=O) groups is 2. The SMILES string of the molecule is O=C(NC(c1ccccc1)c1ccccc1)c1cccc2c(C(O)C(=O)O)cccc12. The lowest BCUT2D eigenvalue weighted by atomic mass is 9.95. The van der Waals surface area contributed by atoms with Crippen LogP contribution < -0.4 is 5.32 Å². The van der Waals surface area contributed by atoms with Gasteiger partial charge in [-0.05, 0) is 33.5 Å². The minimum absolute atomic E-state index is 0.252. The Kier molecular flexibility index (Phi) is 5.78. The summed E-state index contributed by atoms with van der Waals surface area (Å²) < 4.78 is 0. The first-order valence-electron chi connectivity index (χ1n) is 9.89. The van der Waals surface area contributed by atoms with Crippen LogP contribution in [-0.4, -0.2) is 22.1 Å². The van der Waals surface area contributed by atoms with E-state index in [-0.39, 0.29) is 17.5 Å².